The topological polar surface area (TPSA) is 71.0 Å². The van der Waals surface area contributed by atoms with Crippen LogP contribution in [0.25, 0.3) is 5.57 Å². The Morgan fingerprint density at radius 1 is 1.42 bits per heavy atom. The van der Waals surface area contributed by atoms with Crippen LogP contribution in [0.3, 0.4) is 0 Å². The zero-order chi connectivity index (χ0) is 17.2. The molecule has 3 heterocycles. The summed E-state index contributed by atoms with van der Waals surface area (Å²) in [6, 6.07) is 2.13. The molecule has 0 aromatic carbocycles. The molecule has 126 valence electrons. The summed E-state index contributed by atoms with van der Waals surface area (Å²) in [5, 5.41) is 2.12. The number of hydrogen-bond acceptors (Lipinski definition) is 5. The largest absolute Gasteiger partial charge is 0.369 e. The number of allylic oxidation sites excluding steroid dienone is 3. The van der Waals surface area contributed by atoms with E-state index in [9.17, 15) is 4.79 Å². The lowest BCUT2D eigenvalue weighted by Gasteiger charge is -2.34. The molecule has 0 bridgehead atoms. The van der Waals surface area contributed by atoms with Crippen molar-refractivity contribution in [2.45, 2.75) is 38.1 Å². The number of amides is 1. The summed E-state index contributed by atoms with van der Waals surface area (Å²) in [5.74, 6) is 0.302. The summed E-state index contributed by atoms with van der Waals surface area (Å²) >= 11 is 1.64. The number of nitrogens with zero attached hydrogens (tertiary/aromatic N) is 3. The number of guanidine groups is 1. The van der Waals surface area contributed by atoms with Crippen molar-refractivity contribution < 1.29 is 4.79 Å². The normalized spacial score (nSPS) is 29.2. The van der Waals surface area contributed by atoms with Gasteiger partial charge in [-0.2, -0.15) is 0 Å². The zero-order valence-corrected chi connectivity index (χ0v) is 14.8. The number of carbonyl (C=O) groups is 1. The van der Waals surface area contributed by atoms with E-state index in [1.807, 2.05) is 12.4 Å². The first kappa shape index (κ1) is 16.6. The van der Waals surface area contributed by atoms with Gasteiger partial charge >= 0.3 is 0 Å². The Bertz CT molecular complexity index is 759. The van der Waals surface area contributed by atoms with E-state index >= 15 is 0 Å². The van der Waals surface area contributed by atoms with Crippen LogP contribution in [0.4, 0.5) is 0 Å². The highest BCUT2D eigenvalue weighted by Gasteiger charge is 2.39. The lowest BCUT2D eigenvalue weighted by atomic mass is 9.88. The van der Waals surface area contributed by atoms with Gasteiger partial charge in [0.2, 0.25) is 5.91 Å². The van der Waals surface area contributed by atoms with Gasteiger partial charge in [0.25, 0.3) is 0 Å². The van der Waals surface area contributed by atoms with E-state index in [0.29, 0.717) is 12.4 Å². The molecule has 0 saturated carbocycles. The summed E-state index contributed by atoms with van der Waals surface area (Å²) in [7, 11) is 1.67. The minimum Gasteiger partial charge on any atom is -0.369 e. The molecule has 2 aliphatic rings. The number of hydrogen-bond donors (Lipinski definition) is 1. The molecule has 0 aliphatic carbocycles. The Morgan fingerprint density at radius 3 is 3.00 bits per heavy atom. The number of rotatable bonds is 3. The standard InChI is InChI=1S/C18H22N4OS/c1-3-18(10-16(23)22(2)17(19)21-18)15-9-14(12-24-15)13-7-5-4-6-8-20-11-13/h6-9,11-12H,3-5,10H2,1-2H3,(H2,19,21)/b8-6-,13-7+,20-11+/t18-/m0/s1. The van der Waals surface area contributed by atoms with E-state index in [0.717, 1.165) is 35.3 Å². The van der Waals surface area contributed by atoms with Crippen LogP contribution in [-0.4, -0.2) is 30.0 Å². The number of nitrogens with two attached hydrogens (primary N) is 1. The maximum absolute atomic E-state index is 12.3. The predicted octanol–water partition coefficient (Wildman–Crippen LogP) is 3.29. The third kappa shape index (κ3) is 3.06. The molecule has 2 N–H and O–H groups in total. The molecular formula is C18H22N4OS. The van der Waals surface area contributed by atoms with Crippen molar-refractivity contribution in [2.75, 3.05) is 7.05 Å². The van der Waals surface area contributed by atoms with Gasteiger partial charge in [-0.15, -0.1) is 11.3 Å². The lowest BCUT2D eigenvalue weighted by molar-refractivity contribution is -0.128. The molecule has 6 heteroatoms. The molecule has 0 spiro atoms. The van der Waals surface area contributed by atoms with Crippen molar-refractivity contribution >= 4 is 35.0 Å². The van der Waals surface area contributed by atoms with Crippen LogP contribution < -0.4 is 5.73 Å². The van der Waals surface area contributed by atoms with Crippen LogP contribution in [0, 0.1) is 0 Å². The van der Waals surface area contributed by atoms with Crippen LogP contribution in [0.5, 0.6) is 0 Å². The van der Waals surface area contributed by atoms with Gasteiger partial charge in [-0.05, 0) is 41.8 Å². The molecule has 0 radical (unpaired) electrons. The second kappa shape index (κ2) is 6.73. The van der Waals surface area contributed by atoms with Gasteiger partial charge in [-0.1, -0.05) is 19.1 Å². The van der Waals surface area contributed by atoms with E-state index in [-0.39, 0.29) is 5.91 Å². The number of carbonyl (C=O) groups excluding carboxylic acids is 1. The van der Waals surface area contributed by atoms with Crippen LogP contribution in [0.2, 0.25) is 0 Å². The second-order valence-electron chi connectivity index (χ2n) is 6.08. The van der Waals surface area contributed by atoms with Gasteiger partial charge in [-0.25, -0.2) is 4.99 Å². The SMILES string of the molecule is CC[C@@]1(c2cc(C3=C\CC\C=C/N=C/3)cs2)CC(=O)N(C)C(N)=N1. The first-order chi connectivity index (χ1) is 11.6. The maximum atomic E-state index is 12.3. The monoisotopic (exact) mass is 342 g/mol. The summed E-state index contributed by atoms with van der Waals surface area (Å²) in [4.78, 5) is 23.8. The summed E-state index contributed by atoms with van der Waals surface area (Å²) in [6.45, 7) is 2.05. The summed E-state index contributed by atoms with van der Waals surface area (Å²) in [6.07, 6.45) is 11.1. The predicted molar refractivity (Wildman–Crippen MR) is 100 cm³/mol. The minimum absolute atomic E-state index is 0.0103. The van der Waals surface area contributed by atoms with Crippen molar-refractivity contribution in [1.82, 2.24) is 4.90 Å². The quantitative estimate of drug-likeness (QED) is 0.915. The minimum atomic E-state index is -0.546. The Hall–Kier alpha value is -2.21. The highest BCUT2D eigenvalue weighted by atomic mass is 32.1. The lowest BCUT2D eigenvalue weighted by Crippen LogP contribution is -2.48. The van der Waals surface area contributed by atoms with E-state index in [1.165, 1.54) is 4.90 Å². The van der Waals surface area contributed by atoms with Gasteiger partial charge < -0.3 is 5.73 Å². The zero-order valence-electron chi connectivity index (χ0n) is 14.0. The van der Waals surface area contributed by atoms with Gasteiger partial charge in [0.05, 0.1) is 6.42 Å². The van der Waals surface area contributed by atoms with Crippen LogP contribution in [-0.2, 0) is 10.3 Å². The van der Waals surface area contributed by atoms with Crippen molar-refractivity contribution in [3.63, 3.8) is 0 Å². The molecule has 5 nitrogen and oxygen atoms in total. The maximum Gasteiger partial charge on any atom is 0.231 e. The first-order valence-electron chi connectivity index (χ1n) is 8.15. The Morgan fingerprint density at radius 2 is 2.25 bits per heavy atom. The number of aliphatic imine (C=N–C) groups is 2. The average Bonchev–Trinajstić information content (AvgIpc) is 3.02. The smallest absolute Gasteiger partial charge is 0.231 e. The van der Waals surface area contributed by atoms with Gasteiger partial charge in [0.1, 0.15) is 5.54 Å². The van der Waals surface area contributed by atoms with Crippen LogP contribution in [0.1, 0.15) is 43.0 Å². The van der Waals surface area contributed by atoms with Crippen LogP contribution in [0.15, 0.2) is 39.8 Å². The molecule has 2 aliphatic heterocycles. The molecule has 0 unspecified atom stereocenters. The highest BCUT2D eigenvalue weighted by Crippen LogP contribution is 2.40. The molecule has 3 rings (SSSR count). The van der Waals surface area contributed by atoms with E-state index in [4.69, 9.17) is 5.73 Å². The Labute approximate surface area is 146 Å². The molecular weight excluding hydrogens is 320 g/mol. The Kier molecular flexibility index (Phi) is 4.66. The average molecular weight is 342 g/mol. The van der Waals surface area contributed by atoms with E-state index < -0.39 is 5.54 Å². The fraction of sp³-hybridized carbons (Fsp3) is 0.389. The van der Waals surface area contributed by atoms with E-state index in [1.54, 1.807) is 18.4 Å². The van der Waals surface area contributed by atoms with Crippen LogP contribution >= 0.6 is 11.3 Å². The molecule has 0 saturated heterocycles. The van der Waals surface area contributed by atoms with Crippen molar-refractivity contribution in [3.8, 4) is 0 Å². The van der Waals surface area contributed by atoms with Crippen molar-refractivity contribution in [1.29, 1.82) is 0 Å². The number of thiophene rings is 1. The molecule has 0 fully saturated rings. The fourth-order valence-electron chi connectivity index (χ4n) is 2.92. The molecule has 24 heavy (non-hydrogen) atoms. The molecule has 1 amide bonds. The first-order valence-corrected chi connectivity index (χ1v) is 9.03. The van der Waals surface area contributed by atoms with Gasteiger partial charge in [-0.3, -0.25) is 14.7 Å². The molecule has 1 atom stereocenters. The molecule has 1 aromatic rings. The van der Waals surface area contributed by atoms with Gasteiger partial charge in [0, 0.05) is 24.3 Å². The second-order valence-corrected chi connectivity index (χ2v) is 7.00. The fourth-order valence-corrected chi connectivity index (χ4v) is 4.06. The highest BCUT2D eigenvalue weighted by molar-refractivity contribution is 7.10. The van der Waals surface area contributed by atoms with Crippen molar-refractivity contribution in [3.05, 3.63) is 40.2 Å². The van der Waals surface area contributed by atoms with E-state index in [2.05, 4.69) is 40.5 Å². The third-order valence-corrected chi connectivity index (χ3v) is 5.69. The Balaban J connectivity index is 1.97. The van der Waals surface area contributed by atoms with Gasteiger partial charge in [0.15, 0.2) is 5.96 Å². The third-order valence-electron chi connectivity index (χ3n) is 4.57. The molecule has 1 aromatic heterocycles. The van der Waals surface area contributed by atoms with Crippen molar-refractivity contribution in [2.24, 2.45) is 15.7 Å². The summed E-state index contributed by atoms with van der Waals surface area (Å²) in [5.41, 5.74) is 7.66. The summed E-state index contributed by atoms with van der Waals surface area (Å²) < 4.78 is 0.